The van der Waals surface area contributed by atoms with Crippen LogP contribution in [0, 0.1) is 6.92 Å². The second-order valence-electron chi connectivity index (χ2n) is 9.48. The predicted octanol–water partition coefficient (Wildman–Crippen LogP) is 6.43. The van der Waals surface area contributed by atoms with Crippen molar-refractivity contribution in [2.75, 3.05) is 7.11 Å². The molecule has 146 valence electrons. The Kier molecular flexibility index (Phi) is 3.51. The molecule has 0 saturated carbocycles. The first-order valence-corrected chi connectivity index (χ1v) is 10.2. The number of hydrogen-bond donors (Lipinski definition) is 0. The van der Waals surface area contributed by atoms with Gasteiger partial charge in [0.1, 0.15) is 12.0 Å². The molecule has 0 amide bonds. The van der Waals surface area contributed by atoms with E-state index in [2.05, 4.69) is 71.0 Å². The molecule has 3 aromatic carbocycles. The Bertz CT molecular complexity index is 1210. The third kappa shape index (κ3) is 2.20. The zero-order chi connectivity index (χ0) is 20.7. The molecule has 29 heavy (non-hydrogen) atoms. The van der Waals surface area contributed by atoms with Crippen LogP contribution in [0.15, 0.2) is 42.5 Å². The van der Waals surface area contributed by atoms with Gasteiger partial charge in [-0.3, -0.25) is 4.79 Å². The van der Waals surface area contributed by atoms with Crippen LogP contribution in [-0.4, -0.2) is 13.4 Å². The SMILES string of the molecule is COc1ccc2c(c1)C(C)(C)c1cc3c(cc1-2)C(C)(C)c1cc(C=O)cc(C)c1-3. The highest BCUT2D eigenvalue weighted by atomic mass is 16.5. The minimum atomic E-state index is -0.136. The van der Waals surface area contributed by atoms with Gasteiger partial charge in [-0.15, -0.1) is 0 Å². The van der Waals surface area contributed by atoms with Crippen molar-refractivity contribution in [2.24, 2.45) is 0 Å². The number of aldehydes is 1. The van der Waals surface area contributed by atoms with E-state index in [0.29, 0.717) is 0 Å². The first kappa shape index (κ1) is 18.2. The maximum absolute atomic E-state index is 11.5. The molecular weight excluding hydrogens is 356 g/mol. The van der Waals surface area contributed by atoms with Gasteiger partial charge in [0.25, 0.3) is 0 Å². The molecule has 2 nitrogen and oxygen atoms in total. The van der Waals surface area contributed by atoms with Crippen molar-refractivity contribution in [1.82, 2.24) is 0 Å². The van der Waals surface area contributed by atoms with Crippen molar-refractivity contribution in [3.05, 3.63) is 75.8 Å². The van der Waals surface area contributed by atoms with Gasteiger partial charge >= 0.3 is 0 Å². The third-order valence-electron chi connectivity index (χ3n) is 7.13. The predicted molar refractivity (Wildman–Crippen MR) is 118 cm³/mol. The number of methoxy groups -OCH3 is 1. The summed E-state index contributed by atoms with van der Waals surface area (Å²) in [6.45, 7) is 11.3. The van der Waals surface area contributed by atoms with Crippen LogP contribution < -0.4 is 4.74 Å². The van der Waals surface area contributed by atoms with Crippen molar-refractivity contribution < 1.29 is 9.53 Å². The van der Waals surface area contributed by atoms with Crippen LogP contribution in [0.25, 0.3) is 22.3 Å². The Morgan fingerprint density at radius 1 is 0.759 bits per heavy atom. The van der Waals surface area contributed by atoms with E-state index in [1.54, 1.807) is 7.11 Å². The molecule has 2 aliphatic rings. The van der Waals surface area contributed by atoms with Crippen LogP contribution in [0.1, 0.15) is 65.9 Å². The molecule has 0 unspecified atom stereocenters. The highest BCUT2D eigenvalue weighted by Gasteiger charge is 2.42. The minimum Gasteiger partial charge on any atom is -0.497 e. The van der Waals surface area contributed by atoms with Gasteiger partial charge in [0.05, 0.1) is 7.11 Å². The van der Waals surface area contributed by atoms with Crippen LogP contribution in [0.5, 0.6) is 5.75 Å². The van der Waals surface area contributed by atoms with Gasteiger partial charge in [0.2, 0.25) is 0 Å². The molecule has 0 radical (unpaired) electrons. The van der Waals surface area contributed by atoms with Gasteiger partial charge in [-0.05, 0) is 93.4 Å². The number of benzene rings is 3. The lowest BCUT2D eigenvalue weighted by Crippen LogP contribution is -2.17. The summed E-state index contributed by atoms with van der Waals surface area (Å²) in [6.07, 6.45) is 0.957. The lowest BCUT2D eigenvalue weighted by atomic mass is 9.79. The average molecular weight is 383 g/mol. The van der Waals surface area contributed by atoms with E-state index in [-0.39, 0.29) is 10.8 Å². The summed E-state index contributed by atoms with van der Waals surface area (Å²) in [7, 11) is 1.72. The molecular formula is C27H26O2. The fraction of sp³-hybridized carbons (Fsp3) is 0.296. The maximum Gasteiger partial charge on any atom is 0.150 e. The topological polar surface area (TPSA) is 26.3 Å². The van der Waals surface area contributed by atoms with Gasteiger partial charge in [-0.2, -0.15) is 0 Å². The number of carbonyl (C=O) groups is 1. The first-order valence-electron chi connectivity index (χ1n) is 10.2. The lowest BCUT2D eigenvalue weighted by molar-refractivity contribution is 0.112. The molecule has 0 aromatic heterocycles. The number of hydrogen-bond acceptors (Lipinski definition) is 2. The van der Waals surface area contributed by atoms with E-state index >= 15 is 0 Å². The first-order chi connectivity index (χ1) is 13.7. The molecule has 0 saturated heterocycles. The second kappa shape index (κ2) is 5.60. The summed E-state index contributed by atoms with van der Waals surface area (Å²) < 4.78 is 5.50. The standard InChI is InChI=1S/C27H26O2/c1-15-9-16(14-28)10-24-25(15)20-13-22-19(12-23(20)27(24,4)5)18-8-7-17(29-6)11-21(18)26(22,2)3/h7-14H,1-6H3. The van der Waals surface area contributed by atoms with Crippen LogP contribution in [0.4, 0.5) is 0 Å². The fourth-order valence-electron chi connectivity index (χ4n) is 5.49. The monoisotopic (exact) mass is 382 g/mol. The Hall–Kier alpha value is -2.87. The van der Waals surface area contributed by atoms with E-state index in [1.807, 2.05) is 6.07 Å². The number of rotatable bonds is 2. The molecule has 5 rings (SSSR count). The van der Waals surface area contributed by atoms with Crippen LogP contribution >= 0.6 is 0 Å². The zero-order valence-electron chi connectivity index (χ0n) is 17.9. The molecule has 0 aliphatic heterocycles. The molecule has 2 aliphatic carbocycles. The molecule has 0 atom stereocenters. The summed E-state index contributed by atoms with van der Waals surface area (Å²) in [5.41, 5.74) is 12.2. The van der Waals surface area contributed by atoms with Crippen molar-refractivity contribution in [2.45, 2.75) is 45.4 Å². The van der Waals surface area contributed by atoms with Crippen LogP contribution in [0.3, 0.4) is 0 Å². The minimum absolute atomic E-state index is 0.0855. The highest BCUT2D eigenvalue weighted by Crippen LogP contribution is 2.57. The number of carbonyl (C=O) groups excluding carboxylic acids is 1. The van der Waals surface area contributed by atoms with Crippen molar-refractivity contribution in [3.63, 3.8) is 0 Å². The summed E-state index contributed by atoms with van der Waals surface area (Å²) in [4.78, 5) is 11.5. The van der Waals surface area contributed by atoms with Gasteiger partial charge in [0, 0.05) is 16.4 Å². The Morgan fingerprint density at radius 2 is 1.38 bits per heavy atom. The van der Waals surface area contributed by atoms with Gasteiger partial charge in [0.15, 0.2) is 0 Å². The van der Waals surface area contributed by atoms with Gasteiger partial charge in [-0.1, -0.05) is 33.8 Å². The van der Waals surface area contributed by atoms with E-state index in [9.17, 15) is 4.79 Å². The Morgan fingerprint density at radius 3 is 2.07 bits per heavy atom. The Labute approximate surface area is 172 Å². The molecule has 0 N–H and O–H groups in total. The van der Waals surface area contributed by atoms with Crippen molar-refractivity contribution in [3.8, 4) is 28.0 Å². The van der Waals surface area contributed by atoms with E-state index in [0.717, 1.165) is 17.6 Å². The number of ether oxygens (including phenoxy) is 1. The summed E-state index contributed by atoms with van der Waals surface area (Å²) in [5, 5.41) is 0. The number of fused-ring (bicyclic) bond motifs is 6. The van der Waals surface area contributed by atoms with E-state index in [4.69, 9.17) is 4.74 Å². The van der Waals surface area contributed by atoms with Crippen molar-refractivity contribution >= 4 is 6.29 Å². The summed E-state index contributed by atoms with van der Waals surface area (Å²) in [5.74, 6) is 0.903. The third-order valence-corrected chi connectivity index (χ3v) is 7.13. The molecule has 0 fully saturated rings. The van der Waals surface area contributed by atoms with Gasteiger partial charge in [-0.25, -0.2) is 0 Å². The maximum atomic E-state index is 11.5. The van der Waals surface area contributed by atoms with E-state index < -0.39 is 0 Å². The number of aryl methyl sites for hydroxylation is 1. The fourth-order valence-corrected chi connectivity index (χ4v) is 5.49. The quantitative estimate of drug-likeness (QED) is 0.478. The summed E-state index contributed by atoms with van der Waals surface area (Å²) in [6, 6.07) is 15.3. The van der Waals surface area contributed by atoms with E-state index in [1.165, 1.54) is 50.1 Å². The largest absolute Gasteiger partial charge is 0.497 e. The second-order valence-corrected chi connectivity index (χ2v) is 9.48. The molecule has 3 aromatic rings. The van der Waals surface area contributed by atoms with Crippen LogP contribution in [-0.2, 0) is 10.8 Å². The molecule has 0 spiro atoms. The highest BCUT2D eigenvalue weighted by molar-refractivity contribution is 5.92. The zero-order valence-corrected chi connectivity index (χ0v) is 17.9. The molecule has 0 heterocycles. The van der Waals surface area contributed by atoms with Crippen LogP contribution in [0.2, 0.25) is 0 Å². The normalized spacial score (nSPS) is 16.6. The summed E-state index contributed by atoms with van der Waals surface area (Å²) >= 11 is 0. The van der Waals surface area contributed by atoms with Gasteiger partial charge < -0.3 is 4.74 Å². The molecule has 2 heteroatoms. The van der Waals surface area contributed by atoms with Crippen molar-refractivity contribution in [1.29, 1.82) is 0 Å². The lowest BCUT2D eigenvalue weighted by Gasteiger charge is -2.24. The average Bonchev–Trinajstić information content (AvgIpc) is 3.06. The Balaban J connectivity index is 1.82. The smallest absolute Gasteiger partial charge is 0.150 e. The molecule has 0 bridgehead atoms.